The van der Waals surface area contributed by atoms with E-state index >= 15 is 0 Å². The van der Waals surface area contributed by atoms with Gasteiger partial charge in [0, 0.05) is 0 Å². The second-order valence-electron chi connectivity index (χ2n) is 3.08. The molecule has 0 fully saturated rings. The zero-order chi connectivity index (χ0) is 12.6. The monoisotopic (exact) mass is 276 g/mol. The number of thioether (sulfide) groups is 1. The van der Waals surface area contributed by atoms with E-state index in [0.29, 0.717) is 5.88 Å². The van der Waals surface area contributed by atoms with Gasteiger partial charge in [0.05, 0.1) is 5.88 Å². The lowest BCUT2D eigenvalue weighted by Crippen LogP contribution is -2.29. The lowest BCUT2D eigenvalue weighted by molar-refractivity contribution is 0.588. The molecule has 2 aromatic rings. The number of aromatic nitrogens is 5. The van der Waals surface area contributed by atoms with Crippen LogP contribution in [0.2, 0.25) is 0 Å². The van der Waals surface area contributed by atoms with E-state index in [1.165, 1.54) is 11.8 Å². The second-order valence-corrected chi connectivity index (χ2v) is 5.39. The average molecular weight is 276 g/mol. The number of hydrogen-bond donors (Lipinski definition) is 1. The Labute approximate surface area is 99.7 Å². The lowest BCUT2D eigenvalue weighted by Gasteiger charge is -2.00. The molecule has 17 heavy (non-hydrogen) atoms. The van der Waals surface area contributed by atoms with Gasteiger partial charge < -0.3 is 0 Å². The van der Waals surface area contributed by atoms with Crippen LogP contribution < -0.4 is 10.8 Å². The van der Waals surface area contributed by atoms with E-state index in [1.54, 1.807) is 6.26 Å². The Kier molecular flexibility index (Phi) is 2.89. The summed E-state index contributed by atoms with van der Waals surface area (Å²) >= 11 is 1.37. The molecule has 0 aromatic carbocycles. The third-order valence-corrected chi connectivity index (χ3v) is 3.23. The maximum Gasteiger partial charge on any atom is 0.353 e. The molecule has 0 saturated heterocycles. The Morgan fingerprint density at radius 3 is 2.82 bits per heavy atom. The van der Waals surface area contributed by atoms with Gasteiger partial charge in [-0.05, 0) is 6.26 Å². The molecule has 0 spiro atoms. The largest absolute Gasteiger partial charge is 0.353 e. The van der Waals surface area contributed by atoms with Crippen LogP contribution in [0.4, 0.5) is 0 Å². The van der Waals surface area contributed by atoms with Crippen LogP contribution in [0.15, 0.2) is 16.1 Å². The van der Waals surface area contributed by atoms with Gasteiger partial charge in [-0.1, -0.05) is 5.21 Å². The highest BCUT2D eigenvalue weighted by molar-refractivity contribution is 7.97. The molecule has 11 heteroatoms. The molecule has 0 radical (unpaired) electrons. The average Bonchev–Trinajstić information content (AvgIpc) is 2.66. The molecule has 2 aromatic heterocycles. The minimum atomic E-state index is -4.02. The number of rotatable bonds is 3. The highest BCUT2D eigenvalue weighted by Gasteiger charge is 2.19. The Morgan fingerprint density at radius 2 is 2.24 bits per heavy atom. The van der Waals surface area contributed by atoms with Crippen molar-refractivity contribution in [1.29, 1.82) is 0 Å². The Morgan fingerprint density at radius 1 is 1.53 bits per heavy atom. The first-order valence-corrected chi connectivity index (χ1v) is 7.22. The number of imidazole rings is 1. The van der Waals surface area contributed by atoms with E-state index in [1.807, 2.05) is 0 Å². The second kappa shape index (κ2) is 4.09. The number of hydrogen-bond acceptors (Lipinski definition) is 7. The highest BCUT2D eigenvalue weighted by atomic mass is 32.2. The van der Waals surface area contributed by atoms with Gasteiger partial charge in [-0.2, -0.15) is 4.68 Å². The number of primary sulfonamides is 1. The normalized spacial score (nSPS) is 12.1. The summed E-state index contributed by atoms with van der Waals surface area (Å²) in [7, 11) is -4.02. The number of nitrogens with two attached hydrogens (primary N) is 1. The van der Waals surface area contributed by atoms with E-state index in [9.17, 15) is 13.2 Å². The standard InChI is InChI=1S/C6H8N6O3S2/c1-16-3-12-6(13)11-2-8-5(17(7,14)15)4(11)9-10-12/h2H,3H2,1H3,(H2,7,14,15). The van der Waals surface area contributed by atoms with Crippen molar-refractivity contribution >= 4 is 27.4 Å². The zero-order valence-electron chi connectivity index (χ0n) is 8.64. The van der Waals surface area contributed by atoms with Crippen LogP contribution in [-0.4, -0.2) is 39.1 Å². The van der Waals surface area contributed by atoms with Crippen molar-refractivity contribution in [3.05, 3.63) is 16.8 Å². The fraction of sp³-hybridized carbons (Fsp3) is 0.333. The van der Waals surface area contributed by atoms with Crippen molar-refractivity contribution in [3.63, 3.8) is 0 Å². The molecule has 0 saturated carbocycles. The minimum absolute atomic E-state index is 0.171. The van der Waals surface area contributed by atoms with Crippen molar-refractivity contribution in [2.45, 2.75) is 10.9 Å². The topological polar surface area (TPSA) is 125 Å². The van der Waals surface area contributed by atoms with Gasteiger partial charge >= 0.3 is 5.69 Å². The smallest absolute Gasteiger partial charge is 0.245 e. The van der Waals surface area contributed by atoms with Gasteiger partial charge in [-0.3, -0.25) is 0 Å². The number of nitrogens with zero attached hydrogens (tertiary/aromatic N) is 5. The molecule has 0 bridgehead atoms. The zero-order valence-corrected chi connectivity index (χ0v) is 10.3. The van der Waals surface area contributed by atoms with Crippen LogP contribution in [0.25, 0.3) is 5.65 Å². The molecular formula is C6H8N6O3S2. The molecule has 9 nitrogen and oxygen atoms in total. The van der Waals surface area contributed by atoms with Crippen LogP contribution in [0.5, 0.6) is 0 Å². The van der Waals surface area contributed by atoms with Crippen LogP contribution in [0.3, 0.4) is 0 Å². The summed E-state index contributed by atoms with van der Waals surface area (Å²) in [6.07, 6.45) is 2.85. The van der Waals surface area contributed by atoms with E-state index < -0.39 is 20.7 Å². The molecular weight excluding hydrogens is 268 g/mol. The molecule has 0 atom stereocenters. The Bertz CT molecular complexity index is 717. The third kappa shape index (κ3) is 2.03. The molecule has 0 aliphatic carbocycles. The molecule has 2 N–H and O–H groups in total. The minimum Gasteiger partial charge on any atom is -0.245 e. The number of sulfonamides is 1. The van der Waals surface area contributed by atoms with E-state index in [-0.39, 0.29) is 5.65 Å². The molecule has 2 rings (SSSR count). The van der Waals surface area contributed by atoms with Crippen LogP contribution in [0, 0.1) is 0 Å². The quantitative estimate of drug-likeness (QED) is 0.704. The summed E-state index contributed by atoms with van der Waals surface area (Å²) in [6, 6.07) is 0. The molecule has 2 heterocycles. The summed E-state index contributed by atoms with van der Waals surface area (Å²) in [5.74, 6) is 0.310. The SMILES string of the molecule is CSCn1nnc2c(S(N)(=O)=O)ncn2c1=O. The fourth-order valence-electron chi connectivity index (χ4n) is 1.22. The van der Waals surface area contributed by atoms with Crippen molar-refractivity contribution < 1.29 is 8.42 Å². The molecule has 92 valence electrons. The predicted octanol–water partition coefficient (Wildman–Crippen LogP) is -1.75. The van der Waals surface area contributed by atoms with Crippen molar-refractivity contribution in [2.75, 3.05) is 6.26 Å². The van der Waals surface area contributed by atoms with E-state index in [0.717, 1.165) is 15.4 Å². The highest BCUT2D eigenvalue weighted by Crippen LogP contribution is 2.07. The van der Waals surface area contributed by atoms with Gasteiger partial charge in [-0.25, -0.2) is 27.7 Å². The first-order valence-electron chi connectivity index (χ1n) is 4.27. The summed E-state index contributed by atoms with van der Waals surface area (Å²) < 4.78 is 24.4. The summed E-state index contributed by atoms with van der Waals surface area (Å²) in [5, 5.41) is 11.7. The van der Waals surface area contributed by atoms with Gasteiger partial charge in [0.25, 0.3) is 10.0 Å². The maximum atomic E-state index is 11.8. The molecule has 0 amide bonds. The van der Waals surface area contributed by atoms with Crippen LogP contribution in [0.1, 0.15) is 0 Å². The van der Waals surface area contributed by atoms with Gasteiger partial charge in [0.15, 0.2) is 0 Å². The Balaban J connectivity index is 2.76. The lowest BCUT2D eigenvalue weighted by atomic mass is 10.8. The van der Waals surface area contributed by atoms with Gasteiger partial charge in [0.1, 0.15) is 6.33 Å². The Hall–Kier alpha value is -1.46. The predicted molar refractivity (Wildman–Crippen MR) is 59.9 cm³/mol. The van der Waals surface area contributed by atoms with Crippen molar-refractivity contribution in [3.8, 4) is 0 Å². The van der Waals surface area contributed by atoms with Crippen LogP contribution >= 0.6 is 11.8 Å². The van der Waals surface area contributed by atoms with E-state index in [2.05, 4.69) is 15.3 Å². The first-order chi connectivity index (χ1) is 7.95. The maximum absolute atomic E-state index is 11.8. The number of fused-ring (bicyclic) bond motifs is 1. The molecule has 0 unspecified atom stereocenters. The van der Waals surface area contributed by atoms with Gasteiger partial charge in [0.2, 0.25) is 10.7 Å². The first kappa shape index (κ1) is 12.0. The molecule has 0 aliphatic heterocycles. The van der Waals surface area contributed by atoms with E-state index in [4.69, 9.17) is 5.14 Å². The van der Waals surface area contributed by atoms with Gasteiger partial charge in [-0.15, -0.1) is 16.9 Å². The third-order valence-electron chi connectivity index (χ3n) is 1.91. The summed E-state index contributed by atoms with van der Waals surface area (Å²) in [5.41, 5.74) is -0.693. The van der Waals surface area contributed by atoms with Crippen LogP contribution in [-0.2, 0) is 15.9 Å². The summed E-state index contributed by atoms with van der Waals surface area (Å²) in [6.45, 7) is 0. The molecule has 0 aliphatic rings. The van der Waals surface area contributed by atoms with Crippen molar-refractivity contribution in [1.82, 2.24) is 24.4 Å². The fourth-order valence-corrected chi connectivity index (χ4v) is 2.21. The van der Waals surface area contributed by atoms with Crippen molar-refractivity contribution in [2.24, 2.45) is 5.14 Å². The summed E-state index contributed by atoms with van der Waals surface area (Å²) in [4.78, 5) is 15.3.